The van der Waals surface area contributed by atoms with Gasteiger partial charge in [-0.05, 0) is 66.7 Å². The number of carboxylic acids is 1. The summed E-state index contributed by atoms with van der Waals surface area (Å²) in [5.41, 5.74) is 0.115. The molecule has 4 rings (SSSR count). The zero-order valence-corrected chi connectivity index (χ0v) is 22.6. The molecule has 36 heavy (non-hydrogen) atoms. The molecule has 4 aliphatic rings. The number of aliphatic hydroxyl groups is 1. The Kier molecular flexibility index (Phi) is 6.19. The summed E-state index contributed by atoms with van der Waals surface area (Å²) in [6.07, 6.45) is 6.78. The lowest BCUT2D eigenvalue weighted by Gasteiger charge is -2.59. The van der Waals surface area contributed by atoms with Gasteiger partial charge in [0.25, 0.3) is 0 Å². The minimum Gasteiger partial charge on any atom is -0.481 e. The number of hydrogen-bond acceptors (Lipinski definition) is 5. The Morgan fingerprint density at radius 2 is 1.75 bits per heavy atom. The molecule has 7 atom stereocenters. The van der Waals surface area contributed by atoms with Gasteiger partial charge >= 0.3 is 5.97 Å². The van der Waals surface area contributed by atoms with Crippen LogP contribution in [0.3, 0.4) is 0 Å². The minimum absolute atomic E-state index is 0.0469. The Bertz CT molecular complexity index is 1140. The van der Waals surface area contributed by atoms with Gasteiger partial charge in [0.2, 0.25) is 0 Å². The maximum absolute atomic E-state index is 14.0. The van der Waals surface area contributed by atoms with E-state index in [0.29, 0.717) is 24.8 Å². The first-order valence-electron chi connectivity index (χ1n) is 13.2. The molecular formula is C30H40O6. The fraction of sp³-hybridized carbons (Fsp3) is 0.667. The van der Waals surface area contributed by atoms with E-state index >= 15 is 0 Å². The second-order valence-corrected chi connectivity index (χ2v) is 12.9. The molecule has 0 spiro atoms. The van der Waals surface area contributed by atoms with Crippen molar-refractivity contribution in [3.63, 3.8) is 0 Å². The third-order valence-electron chi connectivity index (χ3n) is 10.8. The number of allylic oxidation sites excluding steroid dienone is 5. The highest BCUT2D eigenvalue weighted by Gasteiger charge is 2.69. The standard InChI is InChI=1S/C30H40O6/c1-16(12-18(31)13-17(2)26(35)36)20-14-24(33)29(6)19-8-9-22-27(3,4)23(32)10-11-28(22,5)21(19)15-25(34)30(20,29)7/h8,12,15,17,20,22,24,33H,9-11,13-14H2,1-7H3,(H,35,36)/b16-12+/t17-,20+,22-,24-,28+,29+,30-/m0/s1. The molecule has 0 saturated heterocycles. The number of hydrogen-bond donors (Lipinski definition) is 2. The van der Waals surface area contributed by atoms with Gasteiger partial charge in [-0.25, -0.2) is 0 Å². The van der Waals surface area contributed by atoms with E-state index in [0.717, 1.165) is 17.6 Å². The van der Waals surface area contributed by atoms with Gasteiger partial charge in [0, 0.05) is 29.1 Å². The van der Waals surface area contributed by atoms with Crippen molar-refractivity contribution in [2.45, 2.75) is 86.7 Å². The van der Waals surface area contributed by atoms with Crippen LogP contribution < -0.4 is 0 Å². The lowest BCUT2D eigenvalue weighted by Crippen LogP contribution is -2.57. The SMILES string of the molecule is C/C(=C\C(=O)C[C@H](C)C(=O)O)[C@H]1C[C@H](O)[C@@]2(C)C3=CC[C@H]4C(C)(C)C(=O)CC[C@]4(C)C3=CC(=O)[C@]12C. The van der Waals surface area contributed by atoms with E-state index in [1.807, 2.05) is 34.6 Å². The molecule has 2 fully saturated rings. The normalized spacial score (nSPS) is 40.4. The molecule has 0 aliphatic heterocycles. The second kappa shape index (κ2) is 8.34. The molecule has 0 aromatic carbocycles. The van der Waals surface area contributed by atoms with E-state index in [1.54, 1.807) is 6.08 Å². The number of ketones is 3. The van der Waals surface area contributed by atoms with E-state index in [1.165, 1.54) is 13.0 Å². The molecule has 196 valence electrons. The van der Waals surface area contributed by atoms with Crippen LogP contribution in [0.2, 0.25) is 0 Å². The number of carboxylic acid groups (broad SMARTS) is 1. The Labute approximate surface area is 213 Å². The van der Waals surface area contributed by atoms with Crippen molar-refractivity contribution >= 4 is 23.3 Å². The van der Waals surface area contributed by atoms with Crippen molar-refractivity contribution in [1.82, 2.24) is 0 Å². The maximum Gasteiger partial charge on any atom is 0.306 e. The van der Waals surface area contributed by atoms with Crippen molar-refractivity contribution < 1.29 is 29.4 Å². The van der Waals surface area contributed by atoms with Crippen LogP contribution in [-0.4, -0.2) is 39.6 Å². The van der Waals surface area contributed by atoms with Gasteiger partial charge in [-0.3, -0.25) is 19.2 Å². The fourth-order valence-electron chi connectivity index (χ4n) is 8.14. The summed E-state index contributed by atoms with van der Waals surface area (Å²) < 4.78 is 0. The van der Waals surface area contributed by atoms with Crippen molar-refractivity contribution in [2.75, 3.05) is 0 Å². The largest absolute Gasteiger partial charge is 0.481 e. The fourth-order valence-corrected chi connectivity index (χ4v) is 8.14. The topological polar surface area (TPSA) is 109 Å². The van der Waals surface area contributed by atoms with Gasteiger partial charge in [-0.15, -0.1) is 0 Å². The van der Waals surface area contributed by atoms with Crippen molar-refractivity contribution in [1.29, 1.82) is 0 Å². The van der Waals surface area contributed by atoms with E-state index in [2.05, 4.69) is 13.0 Å². The summed E-state index contributed by atoms with van der Waals surface area (Å²) in [5.74, 6) is -2.12. The van der Waals surface area contributed by atoms with E-state index < -0.39 is 34.2 Å². The third-order valence-corrected chi connectivity index (χ3v) is 10.8. The first-order valence-corrected chi connectivity index (χ1v) is 13.2. The number of carbonyl (C=O) groups excluding carboxylic acids is 3. The average molecular weight is 497 g/mol. The van der Waals surface area contributed by atoms with Gasteiger partial charge in [0.05, 0.1) is 12.0 Å². The summed E-state index contributed by atoms with van der Waals surface area (Å²) in [6.45, 7) is 13.4. The van der Waals surface area contributed by atoms with Crippen LogP contribution in [0.1, 0.15) is 80.6 Å². The summed E-state index contributed by atoms with van der Waals surface area (Å²) >= 11 is 0. The first-order chi connectivity index (χ1) is 16.5. The molecule has 0 amide bonds. The van der Waals surface area contributed by atoms with Gasteiger partial charge in [-0.1, -0.05) is 53.2 Å². The summed E-state index contributed by atoms with van der Waals surface area (Å²) in [4.78, 5) is 50.6. The van der Waals surface area contributed by atoms with Crippen molar-refractivity contribution in [2.24, 2.45) is 39.4 Å². The molecule has 6 nitrogen and oxygen atoms in total. The number of carbonyl (C=O) groups is 4. The van der Waals surface area contributed by atoms with Crippen LogP contribution in [0.4, 0.5) is 0 Å². The summed E-state index contributed by atoms with van der Waals surface area (Å²) in [7, 11) is 0. The van der Waals surface area contributed by atoms with Crippen LogP contribution >= 0.6 is 0 Å². The van der Waals surface area contributed by atoms with E-state index in [-0.39, 0.29) is 41.0 Å². The molecule has 0 heterocycles. The van der Waals surface area contributed by atoms with Gasteiger partial charge in [0.1, 0.15) is 5.78 Å². The number of aliphatic hydroxyl groups excluding tert-OH is 1. The summed E-state index contributed by atoms with van der Waals surface area (Å²) in [5, 5.41) is 20.7. The predicted octanol–water partition coefficient (Wildman–Crippen LogP) is 4.86. The lowest BCUT2D eigenvalue weighted by atomic mass is 9.44. The van der Waals surface area contributed by atoms with Gasteiger partial charge in [0.15, 0.2) is 11.6 Å². The third kappa shape index (κ3) is 3.39. The number of rotatable bonds is 5. The Morgan fingerprint density at radius 1 is 1.11 bits per heavy atom. The van der Waals surface area contributed by atoms with Crippen LogP contribution in [0, 0.1) is 39.4 Å². The molecule has 2 N–H and O–H groups in total. The smallest absolute Gasteiger partial charge is 0.306 e. The van der Waals surface area contributed by atoms with Gasteiger partial charge in [-0.2, -0.15) is 0 Å². The Morgan fingerprint density at radius 3 is 2.36 bits per heavy atom. The molecule has 0 unspecified atom stereocenters. The number of aliphatic carboxylic acids is 1. The van der Waals surface area contributed by atoms with Crippen molar-refractivity contribution in [3.8, 4) is 0 Å². The Balaban J connectivity index is 1.77. The molecule has 0 aromatic rings. The molecule has 0 bridgehead atoms. The van der Waals surface area contributed by atoms with Crippen LogP contribution in [0.25, 0.3) is 0 Å². The second-order valence-electron chi connectivity index (χ2n) is 12.9. The minimum atomic E-state index is -1.02. The Hall–Kier alpha value is -2.34. The van der Waals surface area contributed by atoms with Crippen LogP contribution in [-0.2, 0) is 19.2 Å². The zero-order chi connectivity index (χ0) is 27.0. The number of Topliss-reactive ketones (excluding diaryl/α,β-unsaturated/α-hetero) is 1. The predicted molar refractivity (Wildman–Crippen MR) is 136 cm³/mol. The molecule has 4 aliphatic carbocycles. The lowest BCUT2D eigenvalue weighted by molar-refractivity contribution is -0.142. The van der Waals surface area contributed by atoms with Crippen molar-refractivity contribution in [3.05, 3.63) is 34.9 Å². The quantitative estimate of drug-likeness (QED) is 0.527. The molecule has 0 aromatic heterocycles. The highest BCUT2D eigenvalue weighted by molar-refractivity contribution is 6.01. The molecule has 6 heteroatoms. The van der Waals surface area contributed by atoms with Gasteiger partial charge < -0.3 is 10.2 Å². The molecular weight excluding hydrogens is 456 g/mol. The molecule has 2 saturated carbocycles. The van der Waals surface area contributed by atoms with E-state index in [9.17, 15) is 24.3 Å². The highest BCUT2D eigenvalue weighted by atomic mass is 16.4. The van der Waals surface area contributed by atoms with Crippen LogP contribution in [0.15, 0.2) is 34.9 Å². The maximum atomic E-state index is 14.0. The van der Waals surface area contributed by atoms with E-state index in [4.69, 9.17) is 5.11 Å². The first kappa shape index (κ1) is 26.7. The monoisotopic (exact) mass is 496 g/mol. The average Bonchev–Trinajstić information content (AvgIpc) is 3.00. The molecule has 0 radical (unpaired) electrons. The zero-order valence-electron chi connectivity index (χ0n) is 22.6. The van der Waals surface area contributed by atoms with Crippen LogP contribution in [0.5, 0.6) is 0 Å². The highest BCUT2D eigenvalue weighted by Crippen LogP contribution is 2.70. The summed E-state index contributed by atoms with van der Waals surface area (Å²) in [6, 6.07) is 0. The number of fused-ring (bicyclic) bond motifs is 5.